The van der Waals surface area contributed by atoms with Gasteiger partial charge in [0.25, 0.3) is 5.95 Å². The van der Waals surface area contributed by atoms with E-state index >= 15 is 0 Å². The summed E-state index contributed by atoms with van der Waals surface area (Å²) in [7, 11) is 0. The Labute approximate surface area is 212 Å². The molecule has 190 valence electrons. The molecule has 4 heterocycles. The van der Waals surface area contributed by atoms with Crippen molar-refractivity contribution in [3.63, 3.8) is 0 Å². The van der Waals surface area contributed by atoms with Crippen LogP contribution in [0.3, 0.4) is 0 Å². The van der Waals surface area contributed by atoms with Crippen molar-refractivity contribution < 1.29 is 20.1 Å². The van der Waals surface area contributed by atoms with Crippen LogP contribution in [0.1, 0.15) is 37.5 Å². The van der Waals surface area contributed by atoms with Crippen molar-refractivity contribution in [1.29, 1.82) is 5.26 Å². The number of imidazole rings is 1. The summed E-state index contributed by atoms with van der Waals surface area (Å²) in [6.45, 7) is -0.444. The summed E-state index contributed by atoms with van der Waals surface area (Å²) in [5.41, 5.74) is 2.17. The van der Waals surface area contributed by atoms with Crippen molar-refractivity contribution >= 4 is 22.7 Å². The second-order valence-electron chi connectivity index (χ2n) is 9.33. The fraction of sp³-hybridized carbons (Fsp3) is 0.400. The van der Waals surface area contributed by atoms with Crippen molar-refractivity contribution in [3.8, 4) is 12.0 Å². The van der Waals surface area contributed by atoms with Gasteiger partial charge in [0.15, 0.2) is 23.2 Å². The zero-order chi connectivity index (χ0) is 25.5. The summed E-state index contributed by atoms with van der Waals surface area (Å²) < 4.78 is 8.74. The highest BCUT2D eigenvalue weighted by molar-refractivity contribution is 5.87. The fourth-order valence-electron chi connectivity index (χ4n) is 5.20. The maximum Gasteiger partial charge on any atom is 0.254 e. The Kier molecular flexibility index (Phi) is 6.05. The predicted octanol–water partition coefficient (Wildman–Crippen LogP) is 1.58. The summed E-state index contributed by atoms with van der Waals surface area (Å²) >= 11 is 0. The van der Waals surface area contributed by atoms with Gasteiger partial charge >= 0.3 is 0 Å². The summed E-state index contributed by atoms with van der Waals surface area (Å²) in [6, 6.07) is 12.2. The van der Waals surface area contributed by atoms with Crippen LogP contribution in [0.2, 0.25) is 0 Å². The number of fused-ring (bicyclic) bond motifs is 1. The molecule has 4 aromatic rings. The highest BCUT2D eigenvalue weighted by atomic mass is 16.6. The number of hydrogen-bond donors (Lipinski definition) is 3. The average molecular weight is 503 g/mol. The zero-order valence-corrected chi connectivity index (χ0v) is 19.9. The lowest BCUT2D eigenvalue weighted by Gasteiger charge is -2.30. The van der Waals surface area contributed by atoms with E-state index in [1.54, 1.807) is 10.8 Å². The molecule has 1 saturated carbocycles. The number of ether oxygens (including phenoxy) is 1. The predicted molar refractivity (Wildman–Crippen MR) is 131 cm³/mol. The van der Waals surface area contributed by atoms with E-state index in [1.165, 1.54) is 17.2 Å². The quantitative estimate of drug-likeness (QED) is 0.353. The van der Waals surface area contributed by atoms with Crippen LogP contribution < -0.4 is 4.90 Å². The van der Waals surface area contributed by atoms with Gasteiger partial charge < -0.3 is 25.0 Å². The molecule has 4 atom stereocenters. The molecule has 0 bridgehead atoms. The minimum absolute atomic E-state index is 0.194. The summed E-state index contributed by atoms with van der Waals surface area (Å²) in [6.07, 6.45) is 4.14. The van der Waals surface area contributed by atoms with Gasteiger partial charge in [0.05, 0.1) is 30.9 Å². The summed E-state index contributed by atoms with van der Waals surface area (Å²) in [5.74, 6) is 0.786. The highest BCUT2D eigenvalue weighted by Crippen LogP contribution is 2.39. The average Bonchev–Trinajstić information content (AvgIpc) is 3.73. The molecule has 2 aliphatic rings. The first-order valence-electron chi connectivity index (χ1n) is 12.3. The van der Waals surface area contributed by atoms with Gasteiger partial charge in [-0.15, -0.1) is 0 Å². The van der Waals surface area contributed by atoms with E-state index in [4.69, 9.17) is 9.72 Å². The Morgan fingerprint density at radius 2 is 1.89 bits per heavy atom. The van der Waals surface area contributed by atoms with Crippen molar-refractivity contribution in [2.45, 2.75) is 56.3 Å². The van der Waals surface area contributed by atoms with Gasteiger partial charge in [0.2, 0.25) is 0 Å². The molecule has 1 aliphatic heterocycles. The SMILES string of the molecule is N#Cc1cnn(-c2nc(N(c3ccccc3)C3CCCC3)c3ncn([C@@H]4O[C@H](CO)C(O)C4O)c3n2)c1. The second kappa shape index (κ2) is 9.53. The lowest BCUT2D eigenvalue weighted by atomic mass is 10.1. The number of nitriles is 1. The molecule has 1 saturated heterocycles. The lowest BCUT2D eigenvalue weighted by molar-refractivity contribution is -0.0511. The number of para-hydroxylation sites is 1. The fourth-order valence-corrected chi connectivity index (χ4v) is 5.20. The molecule has 3 aromatic heterocycles. The number of rotatable bonds is 6. The van der Waals surface area contributed by atoms with Crippen molar-refractivity contribution in [3.05, 3.63) is 54.6 Å². The van der Waals surface area contributed by atoms with Crippen LogP contribution in [0, 0.1) is 11.3 Å². The Morgan fingerprint density at radius 3 is 2.57 bits per heavy atom. The number of aliphatic hydroxyl groups is 3. The number of aromatic nitrogens is 6. The van der Waals surface area contributed by atoms with Crippen LogP contribution in [-0.4, -0.2) is 75.6 Å². The van der Waals surface area contributed by atoms with Gasteiger partial charge in [-0.25, -0.2) is 9.67 Å². The number of aliphatic hydroxyl groups excluding tert-OH is 3. The van der Waals surface area contributed by atoms with E-state index in [2.05, 4.69) is 26.0 Å². The minimum Gasteiger partial charge on any atom is -0.394 e. The van der Waals surface area contributed by atoms with E-state index in [0.29, 0.717) is 22.5 Å². The second-order valence-corrected chi connectivity index (χ2v) is 9.33. The van der Waals surface area contributed by atoms with Crippen LogP contribution in [-0.2, 0) is 4.74 Å². The summed E-state index contributed by atoms with van der Waals surface area (Å²) in [5, 5.41) is 44.2. The lowest BCUT2D eigenvalue weighted by Crippen LogP contribution is -2.33. The first-order valence-corrected chi connectivity index (χ1v) is 12.3. The largest absolute Gasteiger partial charge is 0.394 e. The van der Waals surface area contributed by atoms with Crippen LogP contribution in [0.4, 0.5) is 11.5 Å². The van der Waals surface area contributed by atoms with Crippen LogP contribution >= 0.6 is 0 Å². The minimum atomic E-state index is -1.30. The van der Waals surface area contributed by atoms with Crippen LogP contribution in [0.25, 0.3) is 17.1 Å². The molecular weight excluding hydrogens is 476 g/mol. The smallest absolute Gasteiger partial charge is 0.254 e. The van der Waals surface area contributed by atoms with Gasteiger partial charge in [-0.05, 0) is 25.0 Å². The standard InChI is InChI=1S/C25H26N8O4/c26-10-15-11-28-32(12-15)25-29-22-19(27-14-31(22)24-21(36)20(35)18(13-34)37-24)23(30-25)33(17-8-4-5-9-17)16-6-2-1-3-7-16/h1-3,6-7,11-12,14,17-18,20-21,24,34-36H,4-5,8-9,13H2/t18-,20?,21?,24-/m1/s1. The zero-order valence-electron chi connectivity index (χ0n) is 19.9. The molecule has 0 amide bonds. The van der Waals surface area contributed by atoms with Crippen molar-refractivity contribution in [2.24, 2.45) is 0 Å². The van der Waals surface area contributed by atoms with Gasteiger partial charge in [0, 0.05) is 11.7 Å². The molecule has 3 N–H and O–H groups in total. The topological polar surface area (TPSA) is 158 Å². The van der Waals surface area contributed by atoms with Gasteiger partial charge in [-0.1, -0.05) is 31.0 Å². The number of anilines is 2. The molecule has 1 aromatic carbocycles. The third-order valence-electron chi connectivity index (χ3n) is 7.05. The molecule has 0 spiro atoms. The third kappa shape index (κ3) is 4.02. The van der Waals surface area contributed by atoms with Gasteiger partial charge in [-0.2, -0.15) is 20.3 Å². The normalized spacial score (nSPS) is 24.1. The van der Waals surface area contributed by atoms with Gasteiger partial charge in [0.1, 0.15) is 24.4 Å². The molecule has 2 unspecified atom stereocenters. The maximum atomic E-state index is 10.7. The molecule has 12 nitrogen and oxygen atoms in total. The van der Waals surface area contributed by atoms with E-state index in [1.807, 2.05) is 30.3 Å². The van der Waals surface area contributed by atoms with Crippen LogP contribution in [0.5, 0.6) is 0 Å². The maximum absolute atomic E-state index is 10.7. The molecular formula is C25H26N8O4. The van der Waals surface area contributed by atoms with Crippen molar-refractivity contribution in [1.82, 2.24) is 29.3 Å². The Bertz CT molecular complexity index is 1440. The third-order valence-corrected chi connectivity index (χ3v) is 7.05. The molecule has 6 rings (SSSR count). The Morgan fingerprint density at radius 1 is 1.11 bits per heavy atom. The molecule has 2 fully saturated rings. The van der Waals surface area contributed by atoms with Gasteiger partial charge in [-0.3, -0.25) is 4.57 Å². The van der Waals surface area contributed by atoms with Crippen molar-refractivity contribution in [2.75, 3.05) is 11.5 Å². The van der Waals surface area contributed by atoms with E-state index in [-0.39, 0.29) is 12.0 Å². The first-order chi connectivity index (χ1) is 18.1. The monoisotopic (exact) mass is 502 g/mol. The van der Waals surface area contributed by atoms with E-state index in [9.17, 15) is 20.6 Å². The number of benzene rings is 1. The Hall–Kier alpha value is -3.89. The number of nitrogens with zero attached hydrogens (tertiary/aromatic N) is 8. The highest BCUT2D eigenvalue weighted by Gasteiger charge is 2.44. The molecule has 0 radical (unpaired) electrons. The Balaban J connectivity index is 1.56. The van der Waals surface area contributed by atoms with Crippen LogP contribution in [0.15, 0.2) is 49.1 Å². The first kappa shape index (κ1) is 23.5. The van der Waals surface area contributed by atoms with E-state index < -0.39 is 31.1 Å². The molecule has 1 aliphatic carbocycles. The molecule has 12 heteroatoms. The molecule has 37 heavy (non-hydrogen) atoms. The van der Waals surface area contributed by atoms with E-state index in [0.717, 1.165) is 31.4 Å². The summed E-state index contributed by atoms with van der Waals surface area (Å²) in [4.78, 5) is 16.4. The number of hydrogen-bond acceptors (Lipinski definition) is 10.